The second kappa shape index (κ2) is 15.1. The molecule has 6 nitrogen and oxygen atoms in total. The summed E-state index contributed by atoms with van der Waals surface area (Å²) in [6.07, 6.45) is 2.23. The third-order valence-electron chi connectivity index (χ3n) is 4.24. The van der Waals surface area contributed by atoms with Crippen LogP contribution < -0.4 is 10.6 Å². The fourth-order valence-electron chi connectivity index (χ4n) is 2.83. The van der Waals surface area contributed by atoms with Crippen LogP contribution >= 0.6 is 24.0 Å². The first-order valence-electron chi connectivity index (χ1n) is 9.72. The number of hydrogen-bond acceptors (Lipinski definition) is 4. The third kappa shape index (κ3) is 10.9. The van der Waals surface area contributed by atoms with Crippen LogP contribution in [0, 0.1) is 0 Å². The van der Waals surface area contributed by atoms with Gasteiger partial charge in [0.05, 0.1) is 12.7 Å². The Kier molecular flexibility index (Phi) is 13.5. The van der Waals surface area contributed by atoms with Crippen LogP contribution in [0.3, 0.4) is 0 Å². The van der Waals surface area contributed by atoms with Gasteiger partial charge in [0.25, 0.3) is 0 Å². The highest BCUT2D eigenvalue weighted by atomic mass is 127. The van der Waals surface area contributed by atoms with Crippen LogP contribution in [0.25, 0.3) is 0 Å². The largest absolute Gasteiger partial charge is 0.379 e. The zero-order valence-corrected chi connectivity index (χ0v) is 19.0. The molecule has 7 heteroatoms. The van der Waals surface area contributed by atoms with E-state index in [1.807, 2.05) is 0 Å². The molecule has 1 aromatic carbocycles. The van der Waals surface area contributed by atoms with Gasteiger partial charge in [-0.05, 0) is 32.4 Å². The first kappa shape index (κ1) is 24.1. The van der Waals surface area contributed by atoms with Crippen molar-refractivity contribution in [1.82, 2.24) is 15.5 Å². The maximum Gasteiger partial charge on any atom is 0.191 e. The van der Waals surface area contributed by atoms with E-state index in [-0.39, 0.29) is 30.1 Å². The summed E-state index contributed by atoms with van der Waals surface area (Å²) in [6, 6.07) is 10.5. The lowest BCUT2D eigenvalue weighted by molar-refractivity contribution is 0.0424. The minimum absolute atomic E-state index is 0. The molecule has 0 aromatic heterocycles. The number of hydrogen-bond donors (Lipinski definition) is 2. The highest BCUT2D eigenvalue weighted by Crippen LogP contribution is 2.08. The topological polar surface area (TPSA) is 58.1 Å². The molecule has 0 radical (unpaired) electrons. The molecule has 0 bridgehead atoms. The first-order chi connectivity index (χ1) is 12.8. The molecule has 1 unspecified atom stereocenters. The number of benzene rings is 1. The molecule has 1 saturated heterocycles. The smallest absolute Gasteiger partial charge is 0.191 e. The van der Waals surface area contributed by atoms with E-state index < -0.39 is 0 Å². The van der Waals surface area contributed by atoms with Crippen molar-refractivity contribution in [1.29, 1.82) is 0 Å². The molecular formula is C20H35IN4O2. The fraction of sp³-hybridized carbons (Fsp3) is 0.650. The van der Waals surface area contributed by atoms with E-state index in [0.717, 1.165) is 71.3 Å². The summed E-state index contributed by atoms with van der Waals surface area (Å²) in [5.74, 6) is 0.879. The number of nitrogens with zero attached hydrogens (tertiary/aromatic N) is 2. The van der Waals surface area contributed by atoms with Crippen molar-refractivity contribution in [3.05, 3.63) is 35.9 Å². The first-order valence-corrected chi connectivity index (χ1v) is 9.72. The van der Waals surface area contributed by atoms with Crippen molar-refractivity contribution in [2.24, 2.45) is 4.99 Å². The van der Waals surface area contributed by atoms with Gasteiger partial charge in [0.15, 0.2) is 5.96 Å². The number of nitrogens with one attached hydrogen (secondary N) is 2. The molecule has 0 aliphatic carbocycles. The summed E-state index contributed by atoms with van der Waals surface area (Å²) in [5.41, 5.74) is 1.34. The van der Waals surface area contributed by atoms with Crippen molar-refractivity contribution >= 4 is 29.9 Å². The van der Waals surface area contributed by atoms with Crippen LogP contribution in [-0.4, -0.2) is 70.0 Å². The predicted octanol–water partition coefficient (Wildman–Crippen LogP) is 2.49. The second-order valence-electron chi connectivity index (χ2n) is 6.62. The Balaban J connectivity index is 0.00000364. The van der Waals surface area contributed by atoms with Gasteiger partial charge in [0, 0.05) is 45.9 Å². The predicted molar refractivity (Wildman–Crippen MR) is 122 cm³/mol. The van der Waals surface area contributed by atoms with Crippen LogP contribution in [0.1, 0.15) is 25.3 Å². The Morgan fingerprint density at radius 2 is 2.11 bits per heavy atom. The van der Waals surface area contributed by atoms with Gasteiger partial charge in [0.2, 0.25) is 0 Å². The van der Waals surface area contributed by atoms with E-state index in [2.05, 4.69) is 64.8 Å². The Hall–Kier alpha value is -0.900. The molecule has 0 saturated carbocycles. The molecule has 0 spiro atoms. The van der Waals surface area contributed by atoms with E-state index in [1.54, 1.807) is 0 Å². The molecular weight excluding hydrogens is 455 g/mol. The number of rotatable bonds is 11. The van der Waals surface area contributed by atoms with Gasteiger partial charge >= 0.3 is 0 Å². The minimum Gasteiger partial charge on any atom is -0.379 e. The average Bonchev–Trinajstić information content (AvgIpc) is 3.15. The minimum atomic E-state index is 0. The molecule has 2 rings (SSSR count). The highest BCUT2D eigenvalue weighted by molar-refractivity contribution is 14.0. The maximum absolute atomic E-state index is 5.77. The summed E-state index contributed by atoms with van der Waals surface area (Å²) in [5, 5.41) is 6.70. The molecule has 27 heavy (non-hydrogen) atoms. The monoisotopic (exact) mass is 490 g/mol. The Labute approximate surface area is 181 Å². The summed E-state index contributed by atoms with van der Waals surface area (Å²) in [4.78, 5) is 6.93. The van der Waals surface area contributed by atoms with E-state index in [0.29, 0.717) is 0 Å². The lowest BCUT2D eigenvalue weighted by Crippen LogP contribution is -2.41. The fourth-order valence-corrected chi connectivity index (χ4v) is 2.83. The van der Waals surface area contributed by atoms with Crippen LogP contribution in [0.5, 0.6) is 0 Å². The van der Waals surface area contributed by atoms with Gasteiger partial charge in [-0.1, -0.05) is 30.3 Å². The number of aliphatic imine (C=N–C) groups is 1. The zero-order valence-electron chi connectivity index (χ0n) is 16.7. The summed E-state index contributed by atoms with van der Waals surface area (Å²) in [7, 11) is 2.14. The van der Waals surface area contributed by atoms with E-state index in [4.69, 9.17) is 9.47 Å². The Morgan fingerprint density at radius 3 is 2.81 bits per heavy atom. The van der Waals surface area contributed by atoms with E-state index in [1.165, 1.54) is 5.56 Å². The second-order valence-corrected chi connectivity index (χ2v) is 6.62. The zero-order chi connectivity index (χ0) is 18.5. The molecule has 1 aromatic rings. The number of likely N-dealkylation sites (N-methyl/N-ethyl adjacent to an activating group) is 1. The van der Waals surface area contributed by atoms with E-state index in [9.17, 15) is 0 Å². The lowest BCUT2D eigenvalue weighted by atomic mass is 10.2. The van der Waals surface area contributed by atoms with Gasteiger partial charge in [-0.25, -0.2) is 0 Å². The van der Waals surface area contributed by atoms with Crippen molar-refractivity contribution in [3.63, 3.8) is 0 Å². The summed E-state index contributed by atoms with van der Waals surface area (Å²) >= 11 is 0. The molecule has 154 valence electrons. The van der Waals surface area contributed by atoms with Crippen molar-refractivity contribution in [2.75, 3.05) is 53.0 Å². The lowest BCUT2D eigenvalue weighted by Gasteiger charge is -2.18. The standard InChI is InChI=1S/C20H34N4O2.HI/c1-3-21-20(22-11-7-14-26-19-10-15-25-17-19)23-12-13-24(2)16-18-8-5-4-6-9-18;/h4-6,8-9,19H,3,7,10-17H2,1-2H3,(H2,21,22,23);1H. The van der Waals surface area contributed by atoms with Gasteiger partial charge in [0.1, 0.15) is 0 Å². The third-order valence-corrected chi connectivity index (χ3v) is 4.24. The van der Waals surface area contributed by atoms with E-state index >= 15 is 0 Å². The van der Waals surface area contributed by atoms with Crippen LogP contribution in [-0.2, 0) is 16.0 Å². The number of guanidine groups is 1. The molecule has 2 N–H and O–H groups in total. The molecule has 1 fully saturated rings. The normalized spacial score (nSPS) is 17.0. The van der Waals surface area contributed by atoms with Gasteiger partial charge in [-0.15, -0.1) is 24.0 Å². The SMILES string of the molecule is CCNC(=NCCCOC1CCOC1)NCCN(C)Cc1ccccc1.I. The van der Waals surface area contributed by atoms with Crippen molar-refractivity contribution < 1.29 is 9.47 Å². The molecule has 1 aliphatic rings. The molecule has 1 atom stereocenters. The number of ether oxygens (including phenoxy) is 2. The van der Waals surface area contributed by atoms with Gasteiger partial charge in [-0.3, -0.25) is 4.99 Å². The maximum atomic E-state index is 5.77. The van der Waals surface area contributed by atoms with Crippen molar-refractivity contribution in [3.8, 4) is 0 Å². The molecule has 1 heterocycles. The average molecular weight is 490 g/mol. The molecule has 0 amide bonds. The van der Waals surface area contributed by atoms with Gasteiger partial charge in [-0.2, -0.15) is 0 Å². The summed E-state index contributed by atoms with van der Waals surface area (Å²) < 4.78 is 11.1. The highest BCUT2D eigenvalue weighted by Gasteiger charge is 2.15. The quantitative estimate of drug-likeness (QED) is 0.216. The molecule has 1 aliphatic heterocycles. The Morgan fingerprint density at radius 1 is 1.30 bits per heavy atom. The van der Waals surface area contributed by atoms with Crippen LogP contribution in [0.4, 0.5) is 0 Å². The summed E-state index contributed by atoms with van der Waals surface area (Å²) in [6.45, 7) is 8.82. The Bertz CT molecular complexity index is 510. The van der Waals surface area contributed by atoms with Crippen molar-refractivity contribution in [2.45, 2.75) is 32.4 Å². The number of halogens is 1. The van der Waals surface area contributed by atoms with Crippen LogP contribution in [0.15, 0.2) is 35.3 Å². The van der Waals surface area contributed by atoms with Gasteiger partial charge < -0.3 is 25.0 Å². The van der Waals surface area contributed by atoms with Crippen LogP contribution in [0.2, 0.25) is 0 Å².